The lowest BCUT2D eigenvalue weighted by Crippen LogP contribution is -2.38. The Bertz CT molecular complexity index is 304. The molecule has 2 aliphatic rings. The van der Waals surface area contributed by atoms with E-state index in [0.29, 0.717) is 13.0 Å². The normalized spacial score (nSPS) is 27.7. The summed E-state index contributed by atoms with van der Waals surface area (Å²) in [5, 5.41) is 2.88. The van der Waals surface area contributed by atoms with E-state index in [0.717, 1.165) is 5.70 Å². The van der Waals surface area contributed by atoms with Crippen LogP contribution in [0.4, 0.5) is 0 Å². The zero-order valence-corrected chi connectivity index (χ0v) is 6.41. The SMILES string of the molecule is O=C1C=NC2CC(=O)CNC2=C1. The van der Waals surface area contributed by atoms with Gasteiger partial charge in [0.1, 0.15) is 0 Å². The van der Waals surface area contributed by atoms with Crippen LogP contribution >= 0.6 is 0 Å². The summed E-state index contributed by atoms with van der Waals surface area (Å²) in [5.41, 5.74) is 0.780. The summed E-state index contributed by atoms with van der Waals surface area (Å²) in [4.78, 5) is 25.8. The van der Waals surface area contributed by atoms with Crippen molar-refractivity contribution in [3.63, 3.8) is 0 Å². The summed E-state index contributed by atoms with van der Waals surface area (Å²) in [6.45, 7) is 0.325. The predicted molar refractivity (Wildman–Crippen MR) is 43.0 cm³/mol. The Kier molecular flexibility index (Phi) is 1.53. The van der Waals surface area contributed by atoms with E-state index in [4.69, 9.17) is 0 Å². The van der Waals surface area contributed by atoms with Crippen molar-refractivity contribution in [1.82, 2.24) is 5.32 Å². The highest BCUT2D eigenvalue weighted by Crippen LogP contribution is 2.15. The lowest BCUT2D eigenvalue weighted by atomic mass is 10.0. The lowest BCUT2D eigenvalue weighted by molar-refractivity contribution is -0.119. The molecule has 0 spiro atoms. The molecule has 0 aromatic carbocycles. The fourth-order valence-electron chi connectivity index (χ4n) is 1.35. The Labute approximate surface area is 69.4 Å². The molecule has 1 N–H and O–H groups in total. The first-order chi connectivity index (χ1) is 5.75. The first-order valence-electron chi connectivity index (χ1n) is 3.80. The van der Waals surface area contributed by atoms with Crippen LogP contribution in [0, 0.1) is 0 Å². The molecule has 2 aliphatic heterocycles. The van der Waals surface area contributed by atoms with Crippen LogP contribution in [0.15, 0.2) is 16.8 Å². The number of dihydropyridines is 1. The van der Waals surface area contributed by atoms with Gasteiger partial charge in [-0.1, -0.05) is 0 Å². The molecule has 62 valence electrons. The molecule has 1 unspecified atom stereocenters. The van der Waals surface area contributed by atoms with Crippen molar-refractivity contribution in [2.75, 3.05) is 6.54 Å². The van der Waals surface area contributed by atoms with Gasteiger partial charge < -0.3 is 5.32 Å². The maximum absolute atomic E-state index is 11.0. The van der Waals surface area contributed by atoms with Crippen molar-refractivity contribution in [1.29, 1.82) is 0 Å². The van der Waals surface area contributed by atoms with Gasteiger partial charge in [-0.05, 0) is 0 Å². The fourth-order valence-corrected chi connectivity index (χ4v) is 1.35. The van der Waals surface area contributed by atoms with E-state index in [2.05, 4.69) is 10.3 Å². The first-order valence-corrected chi connectivity index (χ1v) is 3.80. The minimum Gasteiger partial charge on any atom is -0.379 e. The average Bonchev–Trinajstić information content (AvgIpc) is 2.05. The number of hydrogen-bond donors (Lipinski definition) is 1. The zero-order valence-electron chi connectivity index (χ0n) is 6.41. The number of hydrogen-bond acceptors (Lipinski definition) is 4. The van der Waals surface area contributed by atoms with Crippen LogP contribution in [0.3, 0.4) is 0 Å². The number of Topliss-reactive ketones (excluding diaryl/α,β-unsaturated/α-hetero) is 1. The molecule has 1 fully saturated rings. The Morgan fingerprint density at radius 2 is 2.33 bits per heavy atom. The lowest BCUT2D eigenvalue weighted by Gasteiger charge is -2.24. The van der Waals surface area contributed by atoms with E-state index < -0.39 is 0 Å². The highest BCUT2D eigenvalue weighted by molar-refractivity contribution is 6.33. The molecule has 0 amide bonds. The molecule has 0 aliphatic carbocycles. The van der Waals surface area contributed by atoms with Crippen LogP contribution in [0.5, 0.6) is 0 Å². The maximum Gasteiger partial charge on any atom is 0.198 e. The van der Waals surface area contributed by atoms with Gasteiger partial charge in [-0.3, -0.25) is 14.6 Å². The smallest absolute Gasteiger partial charge is 0.198 e. The van der Waals surface area contributed by atoms with Crippen molar-refractivity contribution in [3.05, 3.63) is 11.8 Å². The van der Waals surface area contributed by atoms with E-state index in [-0.39, 0.29) is 17.6 Å². The van der Waals surface area contributed by atoms with Gasteiger partial charge >= 0.3 is 0 Å². The van der Waals surface area contributed by atoms with E-state index >= 15 is 0 Å². The van der Waals surface area contributed by atoms with Gasteiger partial charge in [0, 0.05) is 18.2 Å². The van der Waals surface area contributed by atoms with Gasteiger partial charge in [-0.25, -0.2) is 0 Å². The fraction of sp³-hybridized carbons (Fsp3) is 0.375. The topological polar surface area (TPSA) is 58.5 Å². The molecule has 0 aromatic rings. The van der Waals surface area contributed by atoms with Crippen LogP contribution in [-0.4, -0.2) is 30.4 Å². The third-order valence-electron chi connectivity index (χ3n) is 1.95. The molecule has 1 atom stereocenters. The van der Waals surface area contributed by atoms with Crippen LogP contribution in [0.25, 0.3) is 0 Å². The second-order valence-electron chi connectivity index (χ2n) is 2.89. The van der Waals surface area contributed by atoms with Gasteiger partial charge in [0.15, 0.2) is 11.6 Å². The summed E-state index contributed by atoms with van der Waals surface area (Å²) in [6, 6.07) is -0.135. The Morgan fingerprint density at radius 1 is 1.50 bits per heavy atom. The van der Waals surface area contributed by atoms with Crippen molar-refractivity contribution in [2.45, 2.75) is 12.5 Å². The number of fused-ring (bicyclic) bond motifs is 1. The predicted octanol–water partition coefficient (Wildman–Crippen LogP) is -0.545. The van der Waals surface area contributed by atoms with Crippen molar-refractivity contribution < 1.29 is 9.59 Å². The van der Waals surface area contributed by atoms with Crippen molar-refractivity contribution in [2.24, 2.45) is 4.99 Å². The maximum atomic E-state index is 11.0. The number of ketones is 2. The summed E-state index contributed by atoms with van der Waals surface area (Å²) < 4.78 is 0. The standard InChI is InChI=1S/C8H8N2O2/c11-5-1-7-8(10-3-5)2-6(12)4-9-7/h1,3,8-9H,2,4H2. The molecule has 0 bridgehead atoms. The molecule has 12 heavy (non-hydrogen) atoms. The first kappa shape index (κ1) is 7.21. The van der Waals surface area contributed by atoms with Crippen LogP contribution in [-0.2, 0) is 9.59 Å². The molecule has 2 rings (SSSR count). The number of rotatable bonds is 0. The number of nitrogens with zero attached hydrogens (tertiary/aromatic N) is 1. The largest absolute Gasteiger partial charge is 0.379 e. The van der Waals surface area contributed by atoms with Crippen molar-refractivity contribution >= 4 is 17.8 Å². The molecule has 4 nitrogen and oxygen atoms in total. The number of carbonyl (C=O) groups is 2. The summed E-state index contributed by atoms with van der Waals surface area (Å²) >= 11 is 0. The molecule has 0 saturated carbocycles. The summed E-state index contributed by atoms with van der Waals surface area (Å²) in [7, 11) is 0. The molecule has 4 heteroatoms. The molecule has 0 radical (unpaired) electrons. The van der Waals surface area contributed by atoms with E-state index in [1.165, 1.54) is 12.3 Å². The molecular weight excluding hydrogens is 156 g/mol. The second-order valence-corrected chi connectivity index (χ2v) is 2.89. The van der Waals surface area contributed by atoms with E-state index in [1.807, 2.05) is 0 Å². The average molecular weight is 164 g/mol. The summed E-state index contributed by atoms with van der Waals surface area (Å²) in [6.07, 6.45) is 3.20. The van der Waals surface area contributed by atoms with E-state index in [9.17, 15) is 9.59 Å². The van der Waals surface area contributed by atoms with Gasteiger partial charge in [0.05, 0.1) is 18.8 Å². The number of carbonyl (C=O) groups excluding carboxylic acids is 2. The number of piperidine rings is 1. The van der Waals surface area contributed by atoms with Gasteiger partial charge in [0.25, 0.3) is 0 Å². The Morgan fingerprint density at radius 3 is 3.17 bits per heavy atom. The third-order valence-corrected chi connectivity index (χ3v) is 1.95. The van der Waals surface area contributed by atoms with Crippen LogP contribution in [0.1, 0.15) is 6.42 Å². The number of nitrogens with one attached hydrogen (secondary N) is 1. The molecule has 0 aromatic heterocycles. The molecular formula is C8H8N2O2. The minimum atomic E-state index is -0.135. The number of aliphatic imine (C=N–C) groups is 1. The molecule has 2 heterocycles. The highest BCUT2D eigenvalue weighted by atomic mass is 16.1. The van der Waals surface area contributed by atoms with Gasteiger partial charge in [0.2, 0.25) is 0 Å². The van der Waals surface area contributed by atoms with E-state index in [1.54, 1.807) is 0 Å². The monoisotopic (exact) mass is 164 g/mol. The molecule has 1 saturated heterocycles. The summed E-state index contributed by atoms with van der Waals surface area (Å²) in [5.74, 6) is 0.0340. The Hall–Kier alpha value is -1.45. The highest BCUT2D eigenvalue weighted by Gasteiger charge is 2.25. The number of allylic oxidation sites excluding steroid dienone is 1. The minimum absolute atomic E-state index is 0.108. The quantitative estimate of drug-likeness (QED) is 0.523. The van der Waals surface area contributed by atoms with Gasteiger partial charge in [-0.15, -0.1) is 0 Å². The third kappa shape index (κ3) is 1.15. The van der Waals surface area contributed by atoms with Crippen LogP contribution in [0.2, 0.25) is 0 Å². The van der Waals surface area contributed by atoms with Crippen molar-refractivity contribution in [3.8, 4) is 0 Å². The van der Waals surface area contributed by atoms with Crippen LogP contribution < -0.4 is 5.32 Å². The van der Waals surface area contributed by atoms with Gasteiger partial charge in [-0.2, -0.15) is 0 Å². The second kappa shape index (κ2) is 2.55. The Balaban J connectivity index is 2.23. The zero-order chi connectivity index (χ0) is 8.55.